The van der Waals surface area contributed by atoms with E-state index in [0.717, 1.165) is 12.8 Å². The number of likely N-dealkylation sites (tertiary alicyclic amines) is 1. The number of nitro benzene ring substituents is 1. The van der Waals surface area contributed by atoms with Gasteiger partial charge >= 0.3 is 0 Å². The summed E-state index contributed by atoms with van der Waals surface area (Å²) in [6.45, 7) is 0.754. The number of benzene rings is 2. The molecule has 2 heterocycles. The molecule has 2 aliphatic rings. The molecule has 4 rings (SSSR count). The van der Waals surface area contributed by atoms with E-state index >= 15 is 0 Å². The van der Waals surface area contributed by atoms with Gasteiger partial charge in [-0.1, -0.05) is 42.5 Å². The molecule has 1 N–H and O–H groups in total. The minimum atomic E-state index is -0.936. The quantitative estimate of drug-likeness (QED) is 0.267. The largest absolute Gasteiger partial charge is 0.507 e. The van der Waals surface area contributed by atoms with Gasteiger partial charge in [-0.05, 0) is 18.4 Å². The van der Waals surface area contributed by atoms with Crippen LogP contribution in [-0.4, -0.2) is 45.9 Å². The number of ketones is 1. The third-order valence-electron chi connectivity index (χ3n) is 5.41. The molecule has 8 nitrogen and oxygen atoms in total. The summed E-state index contributed by atoms with van der Waals surface area (Å²) < 4.78 is 5.63. The summed E-state index contributed by atoms with van der Waals surface area (Å²) in [5.74, 6) is -1.87. The van der Waals surface area contributed by atoms with Crippen molar-refractivity contribution in [1.82, 2.24) is 4.90 Å². The Labute approximate surface area is 172 Å². The van der Waals surface area contributed by atoms with Crippen LogP contribution in [-0.2, 0) is 14.3 Å². The van der Waals surface area contributed by atoms with Crippen molar-refractivity contribution in [2.75, 3.05) is 13.2 Å². The minimum Gasteiger partial charge on any atom is -0.507 e. The van der Waals surface area contributed by atoms with Crippen molar-refractivity contribution in [2.45, 2.75) is 25.0 Å². The predicted molar refractivity (Wildman–Crippen MR) is 108 cm³/mol. The number of carbonyl (C=O) groups excluding carboxylic acids is 2. The topological polar surface area (TPSA) is 110 Å². The van der Waals surface area contributed by atoms with Crippen LogP contribution in [0.3, 0.4) is 0 Å². The van der Waals surface area contributed by atoms with Gasteiger partial charge in [-0.25, -0.2) is 0 Å². The Morgan fingerprint density at radius 1 is 1.17 bits per heavy atom. The first-order chi connectivity index (χ1) is 14.5. The van der Waals surface area contributed by atoms with Gasteiger partial charge < -0.3 is 14.7 Å². The van der Waals surface area contributed by atoms with Crippen LogP contribution in [0.4, 0.5) is 5.69 Å². The van der Waals surface area contributed by atoms with Gasteiger partial charge in [0.05, 0.1) is 22.6 Å². The number of non-ortho nitro benzene ring substituents is 1. The van der Waals surface area contributed by atoms with Gasteiger partial charge in [0.15, 0.2) is 0 Å². The highest BCUT2D eigenvalue weighted by atomic mass is 16.6. The summed E-state index contributed by atoms with van der Waals surface area (Å²) in [5, 5.41) is 22.2. The lowest BCUT2D eigenvalue weighted by Crippen LogP contribution is -2.36. The van der Waals surface area contributed by atoms with Crippen LogP contribution in [0.25, 0.3) is 5.76 Å². The van der Waals surface area contributed by atoms with Gasteiger partial charge in [-0.15, -0.1) is 0 Å². The molecule has 154 valence electrons. The van der Waals surface area contributed by atoms with E-state index in [2.05, 4.69) is 0 Å². The number of hydrogen-bond acceptors (Lipinski definition) is 6. The Bertz CT molecular complexity index is 1030. The lowest BCUT2D eigenvalue weighted by molar-refractivity contribution is -0.384. The molecule has 2 saturated heterocycles. The summed E-state index contributed by atoms with van der Waals surface area (Å²) in [7, 11) is 0. The number of Topliss-reactive ketones (excluding diaryl/α,β-unsaturated/α-hetero) is 1. The third kappa shape index (κ3) is 3.57. The first kappa shape index (κ1) is 19.8. The van der Waals surface area contributed by atoms with Gasteiger partial charge in [0, 0.05) is 30.8 Å². The summed E-state index contributed by atoms with van der Waals surface area (Å²) in [6, 6.07) is 13.3. The molecule has 0 spiro atoms. The van der Waals surface area contributed by atoms with Crippen LogP contribution in [0.1, 0.15) is 30.0 Å². The van der Waals surface area contributed by atoms with Crippen LogP contribution in [0, 0.1) is 10.1 Å². The molecule has 2 aliphatic heterocycles. The molecule has 0 aliphatic carbocycles. The standard InChI is InChI=1S/C22H20N2O6/c25-20(14-6-2-1-3-7-14)18-19(15-8-4-9-16(12-15)24(28)29)23(22(27)21(18)26)13-17-10-5-11-30-17/h1-4,6-9,12,17,19,25H,5,10-11,13H2/b20-18+/t17-,19+/m0/s1. The number of aliphatic hydroxyl groups excluding tert-OH is 1. The lowest BCUT2D eigenvalue weighted by atomic mass is 9.95. The molecule has 0 unspecified atom stereocenters. The number of rotatable bonds is 5. The number of hydrogen-bond donors (Lipinski definition) is 1. The maximum atomic E-state index is 12.9. The molecule has 2 fully saturated rings. The predicted octanol–water partition coefficient (Wildman–Crippen LogP) is 3.20. The molecule has 0 aromatic heterocycles. The normalized spacial score (nSPS) is 23.1. The second kappa shape index (κ2) is 8.08. The maximum absolute atomic E-state index is 12.9. The molecule has 1 amide bonds. The zero-order valence-corrected chi connectivity index (χ0v) is 16.1. The van der Waals surface area contributed by atoms with E-state index in [1.807, 2.05) is 0 Å². The van der Waals surface area contributed by atoms with E-state index in [1.165, 1.54) is 23.1 Å². The number of nitro groups is 1. The molecular weight excluding hydrogens is 388 g/mol. The second-order valence-electron chi connectivity index (χ2n) is 7.30. The zero-order chi connectivity index (χ0) is 21.3. The van der Waals surface area contributed by atoms with E-state index in [-0.39, 0.29) is 29.7 Å². The highest BCUT2D eigenvalue weighted by Crippen LogP contribution is 2.40. The summed E-state index contributed by atoms with van der Waals surface area (Å²) in [4.78, 5) is 37.9. The summed E-state index contributed by atoms with van der Waals surface area (Å²) in [5.41, 5.74) is 0.543. The van der Waals surface area contributed by atoms with Crippen molar-refractivity contribution in [1.29, 1.82) is 0 Å². The van der Waals surface area contributed by atoms with Crippen molar-refractivity contribution < 1.29 is 24.4 Å². The van der Waals surface area contributed by atoms with Crippen LogP contribution in [0.2, 0.25) is 0 Å². The molecular formula is C22H20N2O6. The summed E-state index contributed by atoms with van der Waals surface area (Å²) >= 11 is 0. The number of carbonyl (C=O) groups is 2. The van der Waals surface area contributed by atoms with Crippen molar-refractivity contribution in [3.05, 3.63) is 81.4 Å². The van der Waals surface area contributed by atoms with E-state index in [0.29, 0.717) is 17.7 Å². The smallest absolute Gasteiger partial charge is 0.295 e. The number of nitrogens with zero attached hydrogens (tertiary/aromatic N) is 2. The molecule has 30 heavy (non-hydrogen) atoms. The number of ether oxygens (including phenoxy) is 1. The molecule has 0 saturated carbocycles. The van der Waals surface area contributed by atoms with Gasteiger partial charge in [-0.2, -0.15) is 0 Å². The summed E-state index contributed by atoms with van der Waals surface area (Å²) in [6.07, 6.45) is 1.39. The molecule has 2 atom stereocenters. The fourth-order valence-corrected chi connectivity index (χ4v) is 3.98. The van der Waals surface area contributed by atoms with E-state index < -0.39 is 22.7 Å². The fraction of sp³-hybridized carbons (Fsp3) is 0.273. The lowest BCUT2D eigenvalue weighted by Gasteiger charge is -2.27. The maximum Gasteiger partial charge on any atom is 0.295 e. The monoisotopic (exact) mass is 408 g/mol. The first-order valence-corrected chi connectivity index (χ1v) is 9.67. The molecule has 0 bridgehead atoms. The molecule has 2 aromatic rings. The number of amides is 1. The minimum absolute atomic E-state index is 0.0790. The van der Waals surface area contributed by atoms with Gasteiger partial charge in [0.2, 0.25) is 0 Å². The number of aliphatic hydroxyl groups is 1. The zero-order valence-electron chi connectivity index (χ0n) is 16.1. The SMILES string of the molecule is O=C1C(=O)N(C[C@@H]2CCCO2)[C@H](c2cccc([N+](=O)[O-])c2)/C1=C(\O)c1ccccc1. The Kier molecular flexibility index (Phi) is 5.33. The molecule has 2 aromatic carbocycles. The van der Waals surface area contributed by atoms with Crippen molar-refractivity contribution >= 4 is 23.1 Å². The van der Waals surface area contributed by atoms with Crippen LogP contribution in [0.15, 0.2) is 60.2 Å². The van der Waals surface area contributed by atoms with Gasteiger partial charge in [-0.3, -0.25) is 19.7 Å². The Balaban J connectivity index is 1.85. The molecule has 0 radical (unpaired) electrons. The molecule has 8 heteroatoms. The van der Waals surface area contributed by atoms with Gasteiger partial charge in [0.25, 0.3) is 17.4 Å². The third-order valence-corrected chi connectivity index (χ3v) is 5.41. The average Bonchev–Trinajstić information content (AvgIpc) is 3.36. The highest BCUT2D eigenvalue weighted by Gasteiger charge is 2.47. The van der Waals surface area contributed by atoms with Crippen molar-refractivity contribution in [3.63, 3.8) is 0 Å². The van der Waals surface area contributed by atoms with Crippen LogP contribution >= 0.6 is 0 Å². The second-order valence-corrected chi connectivity index (χ2v) is 7.30. The van der Waals surface area contributed by atoms with E-state index in [9.17, 15) is 24.8 Å². The highest BCUT2D eigenvalue weighted by molar-refractivity contribution is 6.46. The van der Waals surface area contributed by atoms with E-state index in [1.54, 1.807) is 36.4 Å². The fourth-order valence-electron chi connectivity index (χ4n) is 3.98. The van der Waals surface area contributed by atoms with E-state index in [4.69, 9.17) is 4.74 Å². The van der Waals surface area contributed by atoms with Crippen LogP contribution in [0.5, 0.6) is 0 Å². The Hall–Kier alpha value is -3.52. The Morgan fingerprint density at radius 3 is 2.60 bits per heavy atom. The Morgan fingerprint density at radius 2 is 1.93 bits per heavy atom. The van der Waals surface area contributed by atoms with Crippen molar-refractivity contribution in [2.24, 2.45) is 0 Å². The van der Waals surface area contributed by atoms with Gasteiger partial charge in [0.1, 0.15) is 5.76 Å². The average molecular weight is 408 g/mol. The van der Waals surface area contributed by atoms with Crippen molar-refractivity contribution in [3.8, 4) is 0 Å². The first-order valence-electron chi connectivity index (χ1n) is 9.67. The van der Waals surface area contributed by atoms with Crippen LogP contribution < -0.4 is 0 Å².